The fourth-order valence-corrected chi connectivity index (χ4v) is 0.899. The summed E-state index contributed by atoms with van der Waals surface area (Å²) in [6, 6.07) is 0. The molecule has 0 saturated carbocycles. The third-order valence-electron chi connectivity index (χ3n) is 1.17. The Labute approximate surface area is 87.1 Å². The van der Waals surface area contributed by atoms with E-state index in [1.165, 1.54) is 13.8 Å². The van der Waals surface area contributed by atoms with Crippen LogP contribution in [0, 0.1) is 0 Å². The van der Waals surface area contributed by atoms with Gasteiger partial charge in [0.1, 0.15) is 0 Å². The molecule has 2 atom stereocenters. The number of carbonyl (C=O) groups excluding carboxylic acids is 3. The summed E-state index contributed by atoms with van der Waals surface area (Å²) in [5.41, 5.74) is 0. The summed E-state index contributed by atoms with van der Waals surface area (Å²) < 4.78 is 0. The molecule has 3 nitrogen and oxygen atoms in total. The van der Waals surface area contributed by atoms with Gasteiger partial charge in [-0.1, -0.05) is 31.9 Å². The molecule has 0 bridgehead atoms. The van der Waals surface area contributed by atoms with Gasteiger partial charge in [-0.25, -0.2) is 0 Å². The number of hydrogen-bond acceptors (Lipinski definition) is 3. The van der Waals surface area contributed by atoms with Crippen LogP contribution in [0.4, 0.5) is 0 Å². The van der Waals surface area contributed by atoms with Gasteiger partial charge in [0.05, 0.1) is 9.65 Å². The standard InChI is InChI=1S/C7H8Br2O3/c1-3(8)5(10)7(12)6(11)4(2)9/h3-4H,1-2H3. The number of ketones is 3. The average Bonchev–Trinajstić information content (AvgIpc) is 2.00. The summed E-state index contributed by atoms with van der Waals surface area (Å²) in [6.07, 6.45) is 0. The molecule has 0 aliphatic rings. The second-order valence-corrected chi connectivity index (χ2v) is 5.04. The van der Waals surface area contributed by atoms with E-state index in [-0.39, 0.29) is 0 Å². The Balaban J connectivity index is 4.41. The van der Waals surface area contributed by atoms with E-state index in [0.29, 0.717) is 0 Å². The Hall–Kier alpha value is -0.0300. The van der Waals surface area contributed by atoms with E-state index >= 15 is 0 Å². The first-order valence-corrected chi connectivity index (χ1v) is 5.11. The van der Waals surface area contributed by atoms with Crippen LogP contribution in [0.1, 0.15) is 13.8 Å². The number of alkyl halides is 2. The fraction of sp³-hybridized carbons (Fsp3) is 0.571. The maximum atomic E-state index is 11.0. The Kier molecular flexibility index (Phi) is 4.85. The van der Waals surface area contributed by atoms with Crippen molar-refractivity contribution in [2.75, 3.05) is 0 Å². The molecule has 0 spiro atoms. The Bertz CT molecular complexity index is 199. The molecule has 0 heterocycles. The molecule has 0 amide bonds. The Morgan fingerprint density at radius 1 is 0.917 bits per heavy atom. The molecule has 0 aromatic heterocycles. The van der Waals surface area contributed by atoms with E-state index in [1.807, 2.05) is 0 Å². The SMILES string of the molecule is CC(Br)C(=O)C(=O)C(=O)C(C)Br. The van der Waals surface area contributed by atoms with Gasteiger partial charge >= 0.3 is 0 Å². The first kappa shape index (κ1) is 12.0. The normalized spacial score (nSPS) is 15.0. The van der Waals surface area contributed by atoms with Gasteiger partial charge in [0.15, 0.2) is 0 Å². The van der Waals surface area contributed by atoms with Gasteiger partial charge in [-0.05, 0) is 13.8 Å². The van der Waals surface area contributed by atoms with Crippen LogP contribution < -0.4 is 0 Å². The van der Waals surface area contributed by atoms with E-state index < -0.39 is 27.0 Å². The molecular weight excluding hydrogens is 292 g/mol. The molecular formula is C7H8Br2O3. The van der Waals surface area contributed by atoms with Gasteiger partial charge < -0.3 is 0 Å². The lowest BCUT2D eigenvalue weighted by Gasteiger charge is -2.01. The topological polar surface area (TPSA) is 51.2 Å². The molecule has 68 valence electrons. The fourth-order valence-electron chi connectivity index (χ4n) is 0.483. The Morgan fingerprint density at radius 2 is 1.17 bits per heavy atom. The summed E-state index contributed by atoms with van der Waals surface area (Å²) in [7, 11) is 0. The van der Waals surface area contributed by atoms with Crippen LogP contribution >= 0.6 is 31.9 Å². The lowest BCUT2D eigenvalue weighted by molar-refractivity contribution is -0.143. The molecule has 0 radical (unpaired) electrons. The minimum Gasteiger partial charge on any atom is -0.289 e. The molecule has 0 N–H and O–H groups in total. The first-order valence-electron chi connectivity index (χ1n) is 3.28. The minimum atomic E-state index is -0.955. The summed E-state index contributed by atoms with van der Waals surface area (Å²) in [4.78, 5) is 31.7. The van der Waals surface area contributed by atoms with Crippen molar-refractivity contribution in [3.05, 3.63) is 0 Å². The number of rotatable bonds is 4. The maximum absolute atomic E-state index is 11.0. The second kappa shape index (κ2) is 4.87. The summed E-state index contributed by atoms with van der Waals surface area (Å²) >= 11 is 5.84. The van der Waals surface area contributed by atoms with Crippen LogP contribution in [-0.4, -0.2) is 27.0 Å². The molecule has 0 saturated heterocycles. The molecule has 0 aromatic rings. The van der Waals surface area contributed by atoms with Crippen molar-refractivity contribution in [1.82, 2.24) is 0 Å². The quantitative estimate of drug-likeness (QED) is 0.446. The first-order chi connectivity index (χ1) is 5.37. The van der Waals surface area contributed by atoms with E-state index in [0.717, 1.165) is 0 Å². The van der Waals surface area contributed by atoms with Gasteiger partial charge in [-0.3, -0.25) is 14.4 Å². The highest BCUT2D eigenvalue weighted by atomic mass is 79.9. The minimum absolute atomic E-state index is 0.597. The van der Waals surface area contributed by atoms with Gasteiger partial charge in [0.25, 0.3) is 5.78 Å². The third-order valence-corrected chi connectivity index (χ3v) is 2.00. The molecule has 0 aliphatic heterocycles. The molecule has 0 rings (SSSR count). The number of hydrogen-bond donors (Lipinski definition) is 0. The molecule has 5 heteroatoms. The number of carbonyl (C=O) groups is 3. The highest BCUT2D eigenvalue weighted by Crippen LogP contribution is 2.05. The van der Waals surface area contributed by atoms with E-state index in [4.69, 9.17) is 0 Å². The Morgan fingerprint density at radius 3 is 1.33 bits per heavy atom. The van der Waals surface area contributed by atoms with Crippen molar-refractivity contribution < 1.29 is 14.4 Å². The lowest BCUT2D eigenvalue weighted by atomic mass is 10.1. The van der Waals surface area contributed by atoms with Crippen LogP contribution in [0.2, 0.25) is 0 Å². The largest absolute Gasteiger partial charge is 0.289 e. The van der Waals surface area contributed by atoms with Crippen LogP contribution in [0.25, 0.3) is 0 Å². The predicted octanol–water partition coefficient (Wildman–Crippen LogP) is 1.26. The van der Waals surface area contributed by atoms with E-state index in [2.05, 4.69) is 31.9 Å². The molecule has 2 unspecified atom stereocenters. The second-order valence-electron chi connectivity index (χ2n) is 2.29. The third kappa shape index (κ3) is 3.15. The molecule has 0 fully saturated rings. The zero-order valence-electron chi connectivity index (χ0n) is 6.64. The maximum Gasteiger partial charge on any atom is 0.266 e. The van der Waals surface area contributed by atoms with E-state index in [1.54, 1.807) is 0 Å². The van der Waals surface area contributed by atoms with Gasteiger partial charge in [0, 0.05) is 0 Å². The molecule has 0 aliphatic carbocycles. The van der Waals surface area contributed by atoms with Crippen molar-refractivity contribution >= 4 is 49.2 Å². The molecule has 0 aromatic carbocycles. The van der Waals surface area contributed by atoms with Crippen molar-refractivity contribution in [1.29, 1.82) is 0 Å². The lowest BCUT2D eigenvalue weighted by Crippen LogP contribution is -2.32. The van der Waals surface area contributed by atoms with Gasteiger partial charge in [0.2, 0.25) is 11.6 Å². The highest BCUT2D eigenvalue weighted by Gasteiger charge is 2.28. The smallest absolute Gasteiger partial charge is 0.266 e. The van der Waals surface area contributed by atoms with Crippen LogP contribution in [0.5, 0.6) is 0 Å². The number of halogens is 2. The summed E-state index contributed by atoms with van der Waals surface area (Å²) in [5, 5.41) is 0. The zero-order chi connectivity index (χ0) is 9.89. The van der Waals surface area contributed by atoms with Crippen molar-refractivity contribution in [3.63, 3.8) is 0 Å². The van der Waals surface area contributed by atoms with Crippen LogP contribution in [0.3, 0.4) is 0 Å². The average molecular weight is 300 g/mol. The van der Waals surface area contributed by atoms with Crippen LogP contribution in [0.15, 0.2) is 0 Å². The van der Waals surface area contributed by atoms with E-state index in [9.17, 15) is 14.4 Å². The number of Topliss-reactive ketones (excluding diaryl/α,β-unsaturated/α-hetero) is 3. The van der Waals surface area contributed by atoms with Gasteiger partial charge in [-0.15, -0.1) is 0 Å². The zero-order valence-corrected chi connectivity index (χ0v) is 9.81. The molecule has 12 heavy (non-hydrogen) atoms. The predicted molar refractivity (Wildman–Crippen MR) is 51.8 cm³/mol. The highest BCUT2D eigenvalue weighted by molar-refractivity contribution is 9.10. The van der Waals surface area contributed by atoms with Crippen molar-refractivity contribution in [2.45, 2.75) is 23.5 Å². The summed E-state index contributed by atoms with van der Waals surface area (Å²) in [6.45, 7) is 3.01. The monoisotopic (exact) mass is 298 g/mol. The summed E-state index contributed by atoms with van der Waals surface area (Å²) in [5.74, 6) is -2.36. The van der Waals surface area contributed by atoms with Crippen LogP contribution in [-0.2, 0) is 14.4 Å². The van der Waals surface area contributed by atoms with Crippen molar-refractivity contribution in [3.8, 4) is 0 Å². The van der Waals surface area contributed by atoms with Gasteiger partial charge in [-0.2, -0.15) is 0 Å². The van der Waals surface area contributed by atoms with Crippen molar-refractivity contribution in [2.24, 2.45) is 0 Å².